The Morgan fingerprint density at radius 3 is 2.80 bits per heavy atom. The molecule has 1 amide bonds. The lowest BCUT2D eigenvalue weighted by molar-refractivity contribution is -0.141. The second kappa shape index (κ2) is 6.51. The van der Waals surface area contributed by atoms with E-state index in [0.29, 0.717) is 5.69 Å². The summed E-state index contributed by atoms with van der Waals surface area (Å²) < 4.78 is 39.9. The molecule has 25 heavy (non-hydrogen) atoms. The quantitative estimate of drug-likeness (QED) is 0.738. The molecule has 3 rings (SSSR count). The minimum atomic E-state index is -4.62. The fraction of sp³-hybridized carbons (Fsp3) is 0.143. The van der Waals surface area contributed by atoms with E-state index in [1.807, 2.05) is 0 Å². The van der Waals surface area contributed by atoms with E-state index < -0.39 is 17.8 Å². The van der Waals surface area contributed by atoms with Gasteiger partial charge in [-0.1, -0.05) is 0 Å². The summed E-state index contributed by atoms with van der Waals surface area (Å²) in [5.41, 5.74) is 5.18. The second-order valence-corrected chi connectivity index (χ2v) is 5.82. The number of nitrogens with two attached hydrogens (primary N) is 1. The standard InChI is InChI=1S/C14H11F3N6OS/c15-14(16,17)10-6-23(12(22-10)13-20-3-4-25-13)7-11(24)21-9-5-19-2-1-8(9)18/h1-6H,7H2,(H2,18,19)(H,21,24). The van der Waals surface area contributed by atoms with Crippen LogP contribution in [0.4, 0.5) is 24.5 Å². The molecule has 0 bridgehead atoms. The summed E-state index contributed by atoms with van der Waals surface area (Å²) >= 11 is 1.12. The van der Waals surface area contributed by atoms with Gasteiger partial charge in [-0.15, -0.1) is 11.3 Å². The van der Waals surface area contributed by atoms with E-state index >= 15 is 0 Å². The van der Waals surface area contributed by atoms with Crippen LogP contribution in [0, 0.1) is 0 Å². The number of pyridine rings is 1. The molecular formula is C14H11F3N6OS. The number of aromatic nitrogens is 4. The van der Waals surface area contributed by atoms with Gasteiger partial charge in [-0.25, -0.2) is 9.97 Å². The largest absolute Gasteiger partial charge is 0.434 e. The van der Waals surface area contributed by atoms with E-state index in [4.69, 9.17) is 5.73 Å². The SMILES string of the molecule is Nc1ccncc1NC(=O)Cn1cc(C(F)(F)F)nc1-c1nccs1. The number of halogens is 3. The van der Waals surface area contributed by atoms with Crippen molar-refractivity contribution < 1.29 is 18.0 Å². The Hall–Kier alpha value is -2.95. The lowest BCUT2D eigenvalue weighted by atomic mass is 10.3. The van der Waals surface area contributed by atoms with Gasteiger partial charge < -0.3 is 15.6 Å². The first-order valence-electron chi connectivity index (χ1n) is 6.88. The second-order valence-electron chi connectivity index (χ2n) is 4.92. The number of carbonyl (C=O) groups excluding carboxylic acids is 1. The van der Waals surface area contributed by atoms with Gasteiger partial charge in [0.15, 0.2) is 16.5 Å². The minimum Gasteiger partial charge on any atom is -0.397 e. The lowest BCUT2D eigenvalue weighted by Gasteiger charge is -2.09. The fourth-order valence-electron chi connectivity index (χ4n) is 2.03. The normalized spacial score (nSPS) is 11.5. The molecule has 0 aliphatic carbocycles. The first kappa shape index (κ1) is 16.9. The van der Waals surface area contributed by atoms with E-state index in [1.165, 1.54) is 24.7 Å². The van der Waals surface area contributed by atoms with Crippen molar-refractivity contribution >= 4 is 28.6 Å². The summed E-state index contributed by atoms with van der Waals surface area (Å²) in [5, 5.41) is 4.40. The number of amides is 1. The molecule has 3 heterocycles. The van der Waals surface area contributed by atoms with Crippen LogP contribution in [-0.2, 0) is 17.5 Å². The molecule has 3 N–H and O–H groups in total. The maximum atomic E-state index is 12.9. The molecule has 7 nitrogen and oxygen atoms in total. The predicted octanol–water partition coefficient (Wildman–Crippen LogP) is 2.64. The highest BCUT2D eigenvalue weighted by Gasteiger charge is 2.35. The Kier molecular flexibility index (Phi) is 4.40. The number of hydrogen-bond donors (Lipinski definition) is 2. The maximum absolute atomic E-state index is 12.9. The van der Waals surface area contributed by atoms with E-state index in [9.17, 15) is 18.0 Å². The third-order valence-corrected chi connectivity index (χ3v) is 3.90. The van der Waals surface area contributed by atoms with Gasteiger partial charge in [-0.2, -0.15) is 13.2 Å². The minimum absolute atomic E-state index is 0.0309. The van der Waals surface area contributed by atoms with Crippen LogP contribution in [0.2, 0.25) is 0 Å². The molecule has 11 heteroatoms. The molecule has 0 radical (unpaired) electrons. The summed E-state index contributed by atoms with van der Waals surface area (Å²) in [7, 11) is 0. The summed E-state index contributed by atoms with van der Waals surface area (Å²) in [6.07, 6.45) is 0.411. The van der Waals surface area contributed by atoms with E-state index in [-0.39, 0.29) is 23.1 Å². The Morgan fingerprint density at radius 1 is 1.36 bits per heavy atom. The zero-order valence-electron chi connectivity index (χ0n) is 12.5. The smallest absolute Gasteiger partial charge is 0.397 e. The number of hydrogen-bond acceptors (Lipinski definition) is 6. The monoisotopic (exact) mass is 368 g/mol. The average molecular weight is 368 g/mol. The number of nitrogens with one attached hydrogen (secondary N) is 1. The maximum Gasteiger partial charge on any atom is 0.434 e. The molecule has 0 spiro atoms. The zero-order valence-corrected chi connectivity index (χ0v) is 13.3. The van der Waals surface area contributed by atoms with Gasteiger partial charge in [-0.3, -0.25) is 9.78 Å². The molecule has 0 aliphatic rings. The van der Waals surface area contributed by atoms with Crippen LogP contribution in [0.1, 0.15) is 5.69 Å². The average Bonchev–Trinajstić information content (AvgIpc) is 3.18. The number of nitrogens with zero attached hydrogens (tertiary/aromatic N) is 4. The van der Waals surface area contributed by atoms with Crippen molar-refractivity contribution in [1.82, 2.24) is 19.5 Å². The Labute approximate surface area is 143 Å². The number of anilines is 2. The summed E-state index contributed by atoms with van der Waals surface area (Å²) in [6, 6.07) is 1.50. The van der Waals surface area contributed by atoms with E-state index in [2.05, 4.69) is 20.3 Å². The molecule has 0 unspecified atom stereocenters. The fourth-order valence-corrected chi connectivity index (χ4v) is 2.67. The predicted molar refractivity (Wildman–Crippen MR) is 85.6 cm³/mol. The molecule has 0 aliphatic heterocycles. The molecular weight excluding hydrogens is 357 g/mol. The lowest BCUT2D eigenvalue weighted by Crippen LogP contribution is -2.19. The Balaban J connectivity index is 1.87. The van der Waals surface area contributed by atoms with Crippen LogP contribution in [0.5, 0.6) is 0 Å². The van der Waals surface area contributed by atoms with Gasteiger partial charge in [0.25, 0.3) is 0 Å². The number of carbonyl (C=O) groups is 1. The highest BCUT2D eigenvalue weighted by atomic mass is 32.1. The van der Waals surface area contributed by atoms with Gasteiger partial charge in [0, 0.05) is 24.0 Å². The van der Waals surface area contributed by atoms with Crippen molar-refractivity contribution in [2.45, 2.75) is 12.7 Å². The van der Waals surface area contributed by atoms with Crippen LogP contribution < -0.4 is 11.1 Å². The highest BCUT2D eigenvalue weighted by molar-refractivity contribution is 7.13. The Morgan fingerprint density at radius 2 is 2.16 bits per heavy atom. The molecule has 0 saturated carbocycles. The molecule has 0 atom stereocenters. The highest BCUT2D eigenvalue weighted by Crippen LogP contribution is 2.31. The van der Waals surface area contributed by atoms with Gasteiger partial charge in [0.2, 0.25) is 5.91 Å². The van der Waals surface area contributed by atoms with Crippen LogP contribution in [0.25, 0.3) is 10.8 Å². The number of thiazole rings is 1. The molecule has 130 valence electrons. The van der Waals surface area contributed by atoms with Gasteiger partial charge in [-0.05, 0) is 6.07 Å². The van der Waals surface area contributed by atoms with Crippen molar-refractivity contribution in [1.29, 1.82) is 0 Å². The third-order valence-electron chi connectivity index (χ3n) is 3.13. The van der Waals surface area contributed by atoms with E-state index in [0.717, 1.165) is 22.1 Å². The zero-order chi connectivity index (χ0) is 18.0. The van der Waals surface area contributed by atoms with Gasteiger partial charge in [0.1, 0.15) is 6.54 Å². The van der Waals surface area contributed by atoms with Gasteiger partial charge >= 0.3 is 6.18 Å². The summed E-state index contributed by atoms with van der Waals surface area (Å²) in [6.45, 7) is -0.383. The number of imidazole rings is 1. The van der Waals surface area contributed by atoms with E-state index in [1.54, 1.807) is 5.38 Å². The van der Waals surface area contributed by atoms with Crippen molar-refractivity contribution in [2.75, 3.05) is 11.1 Å². The number of rotatable bonds is 4. The molecule has 3 aromatic heterocycles. The third kappa shape index (κ3) is 3.76. The molecule has 0 saturated heterocycles. The van der Waals surface area contributed by atoms with Crippen LogP contribution in [0.15, 0.2) is 36.2 Å². The summed E-state index contributed by atoms with van der Waals surface area (Å²) in [4.78, 5) is 23.5. The summed E-state index contributed by atoms with van der Waals surface area (Å²) in [5.74, 6) is -0.597. The van der Waals surface area contributed by atoms with Crippen molar-refractivity contribution in [3.05, 3.63) is 41.9 Å². The molecule has 0 aromatic carbocycles. The van der Waals surface area contributed by atoms with Crippen molar-refractivity contribution in [2.24, 2.45) is 0 Å². The topological polar surface area (TPSA) is 98.7 Å². The van der Waals surface area contributed by atoms with Crippen molar-refractivity contribution in [3.8, 4) is 10.8 Å². The van der Waals surface area contributed by atoms with Gasteiger partial charge in [0.05, 0.1) is 17.6 Å². The number of nitrogen functional groups attached to an aromatic ring is 1. The van der Waals surface area contributed by atoms with Crippen molar-refractivity contribution in [3.63, 3.8) is 0 Å². The number of alkyl halides is 3. The molecule has 0 fully saturated rings. The van der Waals surface area contributed by atoms with Crippen LogP contribution in [-0.4, -0.2) is 25.4 Å². The molecule has 3 aromatic rings. The van der Waals surface area contributed by atoms with Crippen LogP contribution >= 0.6 is 11.3 Å². The first-order valence-corrected chi connectivity index (χ1v) is 7.76. The Bertz CT molecular complexity index is 890. The first-order chi connectivity index (χ1) is 11.8. The van der Waals surface area contributed by atoms with Crippen LogP contribution in [0.3, 0.4) is 0 Å².